The van der Waals surface area contributed by atoms with Gasteiger partial charge in [0.15, 0.2) is 38.9 Å². The molecule has 0 saturated carbocycles. The van der Waals surface area contributed by atoms with E-state index in [0.717, 1.165) is 35.0 Å². The molecular formula is C27H17ClF4N6O4S. The lowest BCUT2D eigenvalue weighted by atomic mass is 10.1. The molecule has 0 aliphatic carbocycles. The van der Waals surface area contributed by atoms with E-state index in [1.165, 1.54) is 48.8 Å². The van der Waals surface area contributed by atoms with Crippen molar-refractivity contribution in [3.63, 3.8) is 0 Å². The molecule has 0 saturated heterocycles. The molecule has 3 aromatic carbocycles. The number of aliphatic carboxylic acids is 1. The second-order valence-corrected chi connectivity index (χ2v) is 11.2. The number of sulfone groups is 1. The van der Waals surface area contributed by atoms with Crippen molar-refractivity contribution in [1.29, 1.82) is 0 Å². The Bertz CT molecular complexity index is 1980. The van der Waals surface area contributed by atoms with Gasteiger partial charge in [0.1, 0.15) is 11.5 Å². The first-order valence-corrected chi connectivity index (χ1v) is 14.1. The van der Waals surface area contributed by atoms with Gasteiger partial charge < -0.3 is 10.4 Å². The van der Waals surface area contributed by atoms with Crippen LogP contribution in [0.4, 0.5) is 40.8 Å². The van der Waals surface area contributed by atoms with E-state index in [-0.39, 0.29) is 37.9 Å². The number of hydrogen-bond donors (Lipinski definition) is 2. The number of hydrogen-bond acceptors (Lipinski definition) is 8. The zero-order valence-electron chi connectivity index (χ0n) is 21.4. The van der Waals surface area contributed by atoms with Gasteiger partial charge in [-0.15, -0.1) is 5.10 Å². The number of benzene rings is 3. The minimum Gasteiger partial charge on any atom is -0.480 e. The Morgan fingerprint density at radius 3 is 2.53 bits per heavy atom. The molecule has 2 heterocycles. The van der Waals surface area contributed by atoms with Crippen LogP contribution in [0.1, 0.15) is 0 Å². The number of rotatable bonds is 9. The zero-order chi connectivity index (χ0) is 30.9. The lowest BCUT2D eigenvalue weighted by Gasteiger charge is -2.14. The summed E-state index contributed by atoms with van der Waals surface area (Å²) < 4.78 is 82.9. The molecular weight excluding hydrogens is 616 g/mol. The molecule has 0 amide bonds. The Labute approximate surface area is 245 Å². The van der Waals surface area contributed by atoms with Gasteiger partial charge in [-0.3, -0.25) is 4.79 Å². The lowest BCUT2D eigenvalue weighted by molar-refractivity contribution is -0.134. The molecule has 16 heteroatoms. The summed E-state index contributed by atoms with van der Waals surface area (Å²) in [6.07, 6.45) is 2.55. The molecule has 10 nitrogen and oxygen atoms in total. The number of carbonyl (C=O) groups is 1. The highest BCUT2D eigenvalue weighted by atomic mass is 35.5. The molecule has 220 valence electrons. The van der Waals surface area contributed by atoms with Crippen LogP contribution in [0.2, 0.25) is 5.02 Å². The van der Waals surface area contributed by atoms with Crippen LogP contribution in [-0.4, -0.2) is 45.0 Å². The molecule has 0 aliphatic heterocycles. The minimum absolute atomic E-state index is 0.0298. The van der Waals surface area contributed by atoms with Crippen LogP contribution in [0, 0.1) is 17.5 Å². The van der Waals surface area contributed by atoms with E-state index < -0.39 is 50.5 Å². The number of carboxylic acid groups (broad SMARTS) is 1. The fraction of sp³-hybridized carbons (Fsp3) is 0.0370. The van der Waals surface area contributed by atoms with E-state index in [1.54, 1.807) is 0 Å². The Kier molecular flexibility index (Phi) is 8.02. The molecule has 2 aromatic heterocycles. The standard InChI is InChI=1S/C27H17ClF4N6O4S/c28-19-12-16(7-8-20(19)29)34-27-33-13-18(15-3-1-4-17(11-15)43(41,42)14-24(39)40)26(35-27)37-10-9-23(36-37)38(32)22-6-2-5-21(30)25(22)31/h1-13H,14H2,(H,39,40)(H,33,34,35). The summed E-state index contributed by atoms with van der Waals surface area (Å²) in [4.78, 5) is 19.4. The topological polar surface area (TPSA) is 130 Å². The first-order valence-electron chi connectivity index (χ1n) is 12.0. The molecule has 5 aromatic rings. The van der Waals surface area contributed by atoms with Gasteiger partial charge in [-0.2, -0.15) is 10.1 Å². The summed E-state index contributed by atoms with van der Waals surface area (Å²) in [7, 11) is -4.21. The van der Waals surface area contributed by atoms with Crippen LogP contribution in [-0.2, 0) is 14.6 Å². The minimum atomic E-state index is -4.21. The van der Waals surface area contributed by atoms with Crippen molar-refractivity contribution >= 4 is 50.5 Å². The Morgan fingerprint density at radius 1 is 1.02 bits per heavy atom. The first-order chi connectivity index (χ1) is 20.4. The average molecular weight is 633 g/mol. The molecule has 0 atom stereocenters. The quantitative estimate of drug-likeness (QED) is 0.148. The van der Waals surface area contributed by atoms with Gasteiger partial charge in [0.2, 0.25) is 5.95 Å². The van der Waals surface area contributed by atoms with E-state index >= 15 is 4.48 Å². The second kappa shape index (κ2) is 11.7. The van der Waals surface area contributed by atoms with Gasteiger partial charge in [0.25, 0.3) is 0 Å². The van der Waals surface area contributed by atoms with E-state index in [1.807, 2.05) is 0 Å². The monoisotopic (exact) mass is 632 g/mol. The summed E-state index contributed by atoms with van der Waals surface area (Å²) in [5, 5.41) is 15.6. The number of aromatic nitrogens is 4. The van der Waals surface area contributed by atoms with Crippen molar-refractivity contribution in [3.05, 3.63) is 102 Å². The van der Waals surface area contributed by atoms with Crippen molar-refractivity contribution in [2.45, 2.75) is 4.90 Å². The highest BCUT2D eigenvalue weighted by Crippen LogP contribution is 2.32. The van der Waals surface area contributed by atoms with Gasteiger partial charge >= 0.3 is 5.97 Å². The third-order valence-electron chi connectivity index (χ3n) is 5.90. The fourth-order valence-electron chi connectivity index (χ4n) is 3.92. The maximum atomic E-state index is 15.1. The van der Waals surface area contributed by atoms with Crippen LogP contribution in [0.3, 0.4) is 0 Å². The van der Waals surface area contributed by atoms with Crippen LogP contribution < -0.4 is 10.4 Å². The number of nitrogens with one attached hydrogen (secondary N) is 1. The summed E-state index contributed by atoms with van der Waals surface area (Å²) in [5.74, 6) is -6.59. The Morgan fingerprint density at radius 2 is 1.79 bits per heavy atom. The van der Waals surface area contributed by atoms with Gasteiger partial charge in [-0.25, -0.2) is 31.3 Å². The van der Waals surface area contributed by atoms with Crippen LogP contribution >= 0.6 is 11.6 Å². The highest BCUT2D eigenvalue weighted by Gasteiger charge is 2.23. The molecule has 0 unspecified atom stereocenters. The molecule has 2 N–H and O–H groups in total. The van der Waals surface area contributed by atoms with E-state index in [4.69, 9.17) is 16.7 Å². The molecule has 0 radical (unpaired) electrons. The van der Waals surface area contributed by atoms with Crippen molar-refractivity contribution in [2.24, 2.45) is 0 Å². The smallest absolute Gasteiger partial charge is 0.319 e. The van der Waals surface area contributed by atoms with Crippen LogP contribution in [0.5, 0.6) is 0 Å². The molecule has 43 heavy (non-hydrogen) atoms. The second-order valence-electron chi connectivity index (χ2n) is 8.84. The Balaban J connectivity index is 1.60. The molecule has 0 spiro atoms. The normalized spacial score (nSPS) is 11.4. The van der Waals surface area contributed by atoms with E-state index in [9.17, 15) is 26.4 Å². The van der Waals surface area contributed by atoms with Crippen LogP contribution in [0.15, 0.2) is 84.0 Å². The van der Waals surface area contributed by atoms with Crippen molar-refractivity contribution in [1.82, 2.24) is 19.7 Å². The summed E-state index contributed by atoms with van der Waals surface area (Å²) in [6.45, 7) is 0. The lowest BCUT2D eigenvalue weighted by Crippen LogP contribution is -2.15. The van der Waals surface area contributed by atoms with Crippen molar-refractivity contribution in [3.8, 4) is 16.9 Å². The predicted molar refractivity (Wildman–Crippen MR) is 149 cm³/mol. The van der Waals surface area contributed by atoms with Crippen molar-refractivity contribution in [2.75, 3.05) is 16.2 Å². The van der Waals surface area contributed by atoms with Crippen LogP contribution in [0.25, 0.3) is 16.9 Å². The zero-order valence-corrected chi connectivity index (χ0v) is 23.0. The predicted octanol–water partition coefficient (Wildman–Crippen LogP) is 6.02. The van der Waals surface area contributed by atoms with Crippen molar-refractivity contribution < 1.29 is 36.0 Å². The largest absolute Gasteiger partial charge is 0.480 e. The molecule has 5 rings (SSSR count). The molecule has 0 bridgehead atoms. The van der Waals surface area contributed by atoms with E-state index in [0.29, 0.717) is 5.69 Å². The average Bonchev–Trinajstić information content (AvgIpc) is 3.46. The molecule has 0 aliphatic rings. The maximum absolute atomic E-state index is 15.1. The SMILES string of the molecule is O=C(O)CS(=O)(=O)c1cccc(-c2cnc(Nc3ccc(F)c(Cl)c3)nc2-n2ccc(N(F)c3cccc(F)c3F)n2)c1. The third-order valence-corrected chi connectivity index (χ3v) is 7.79. The highest BCUT2D eigenvalue weighted by molar-refractivity contribution is 7.92. The Hall–Kier alpha value is -5.02. The van der Waals surface area contributed by atoms with Gasteiger partial charge in [0, 0.05) is 29.7 Å². The van der Waals surface area contributed by atoms with Gasteiger partial charge in [0.05, 0.1) is 9.92 Å². The summed E-state index contributed by atoms with van der Waals surface area (Å²) in [6, 6.07) is 13.2. The number of nitrogens with zero attached hydrogens (tertiary/aromatic N) is 5. The number of anilines is 4. The van der Waals surface area contributed by atoms with E-state index in [2.05, 4.69) is 20.4 Å². The fourth-order valence-corrected chi connectivity index (χ4v) is 5.19. The molecule has 0 fully saturated rings. The van der Waals surface area contributed by atoms with Gasteiger partial charge in [-0.05, 0) is 48.0 Å². The summed E-state index contributed by atoms with van der Waals surface area (Å²) >= 11 is 5.85. The summed E-state index contributed by atoms with van der Waals surface area (Å²) in [5.41, 5.74) is -0.0280. The maximum Gasteiger partial charge on any atom is 0.319 e. The number of carboxylic acids is 1. The first kappa shape index (κ1) is 29.5. The number of halogens is 5. The third kappa shape index (κ3) is 6.27. The van der Waals surface area contributed by atoms with Gasteiger partial charge in [-0.1, -0.05) is 34.3 Å².